The Kier molecular flexibility index (Phi) is 4.47. The summed E-state index contributed by atoms with van der Waals surface area (Å²) in [6, 6.07) is 16.2. The molecule has 3 heterocycles. The van der Waals surface area contributed by atoms with Crippen LogP contribution in [0.1, 0.15) is 22.4 Å². The van der Waals surface area contributed by atoms with Crippen LogP contribution in [0.5, 0.6) is 0 Å². The van der Waals surface area contributed by atoms with E-state index >= 15 is 0 Å². The van der Waals surface area contributed by atoms with Crippen molar-refractivity contribution in [3.05, 3.63) is 102 Å². The fourth-order valence-corrected chi connectivity index (χ4v) is 4.06. The quantitative estimate of drug-likeness (QED) is 0.455. The van der Waals surface area contributed by atoms with Crippen molar-refractivity contribution in [2.24, 2.45) is 0 Å². The lowest BCUT2D eigenvalue weighted by Crippen LogP contribution is -2.34. The monoisotopic (exact) mass is 441 g/mol. The molecule has 0 bridgehead atoms. The van der Waals surface area contributed by atoms with E-state index in [0.717, 1.165) is 0 Å². The van der Waals surface area contributed by atoms with Gasteiger partial charge >= 0.3 is 0 Å². The van der Waals surface area contributed by atoms with Crippen LogP contribution >= 0.6 is 11.6 Å². The van der Waals surface area contributed by atoms with Gasteiger partial charge in [-0.05, 0) is 61.9 Å². The molecule has 0 aliphatic carbocycles. The number of hydrogen-bond donors (Lipinski definition) is 1. The van der Waals surface area contributed by atoms with E-state index in [9.17, 15) is 14.9 Å². The fraction of sp³-hybridized carbons (Fsp3) is 0.0833. The number of H-pyrrole nitrogens is 1. The number of pyridine rings is 1. The van der Waals surface area contributed by atoms with Crippen LogP contribution in [-0.4, -0.2) is 19.2 Å². The molecule has 0 saturated heterocycles. The molecule has 2 aromatic carbocycles. The zero-order valence-electron chi connectivity index (χ0n) is 17.2. The lowest BCUT2D eigenvalue weighted by Gasteiger charge is -2.02. The highest BCUT2D eigenvalue weighted by molar-refractivity contribution is 6.30. The number of benzene rings is 2. The molecule has 0 aliphatic rings. The Bertz CT molecular complexity index is 1750. The Hall–Kier alpha value is -4.15. The second kappa shape index (κ2) is 7.22. The minimum atomic E-state index is -0.330. The maximum Gasteiger partial charge on any atom is 0.278 e. The topological polar surface area (TPSA) is 95.9 Å². The molecule has 0 fully saturated rings. The normalized spacial score (nSPS) is 12.0. The predicted octanol–water partition coefficient (Wildman–Crippen LogP) is 3.02. The standard InChI is InChI=1S/C24H16ClN5O2/c1-13-17(11-18-14(2)28-30(24(18)32)16-9-7-15(25)8-10-16)23(31)29-21-6-4-3-5-20(21)27-22(29)19(13)12-26/h3-11,28H,1-2H3/b17-11+. The van der Waals surface area contributed by atoms with Gasteiger partial charge in [-0.25, -0.2) is 9.67 Å². The first kappa shape index (κ1) is 19.8. The highest BCUT2D eigenvalue weighted by Gasteiger charge is 2.17. The number of fused-ring (bicyclic) bond motifs is 3. The van der Waals surface area contributed by atoms with Crippen LogP contribution in [0, 0.1) is 25.2 Å². The van der Waals surface area contributed by atoms with Gasteiger partial charge in [0.1, 0.15) is 6.07 Å². The first-order valence-corrected chi connectivity index (χ1v) is 10.2. The van der Waals surface area contributed by atoms with Gasteiger partial charge in [-0.2, -0.15) is 5.26 Å². The minimum absolute atomic E-state index is 0.277. The van der Waals surface area contributed by atoms with Crippen LogP contribution in [0.25, 0.3) is 28.4 Å². The molecule has 156 valence electrons. The molecule has 0 spiro atoms. The number of aromatic amines is 1. The Morgan fingerprint density at radius 1 is 1.06 bits per heavy atom. The number of aryl methyl sites for hydroxylation is 1. The van der Waals surface area contributed by atoms with Crippen molar-refractivity contribution >= 4 is 34.4 Å². The number of para-hydroxylation sites is 2. The summed E-state index contributed by atoms with van der Waals surface area (Å²) >= 11 is 5.95. The van der Waals surface area contributed by atoms with Gasteiger partial charge in [0.25, 0.3) is 11.1 Å². The number of nitriles is 1. The van der Waals surface area contributed by atoms with E-state index in [4.69, 9.17) is 11.6 Å². The van der Waals surface area contributed by atoms with E-state index in [-0.39, 0.29) is 16.3 Å². The van der Waals surface area contributed by atoms with E-state index in [1.807, 2.05) is 12.1 Å². The minimum Gasteiger partial charge on any atom is -0.295 e. The van der Waals surface area contributed by atoms with Gasteiger partial charge in [0.15, 0.2) is 5.65 Å². The Morgan fingerprint density at radius 2 is 1.78 bits per heavy atom. The number of hydrogen-bond acceptors (Lipinski definition) is 4. The van der Waals surface area contributed by atoms with Crippen molar-refractivity contribution in [2.45, 2.75) is 13.8 Å². The van der Waals surface area contributed by atoms with E-state index in [1.54, 1.807) is 56.3 Å². The number of nitrogens with one attached hydrogen (secondary N) is 1. The molecule has 0 unspecified atom stereocenters. The largest absolute Gasteiger partial charge is 0.295 e. The van der Waals surface area contributed by atoms with Gasteiger partial charge in [-0.1, -0.05) is 23.7 Å². The summed E-state index contributed by atoms with van der Waals surface area (Å²) in [5, 5.41) is 13.7. The van der Waals surface area contributed by atoms with Gasteiger partial charge in [-0.15, -0.1) is 0 Å². The van der Waals surface area contributed by atoms with Crippen LogP contribution in [0.4, 0.5) is 0 Å². The molecule has 3 aromatic heterocycles. The Morgan fingerprint density at radius 3 is 2.50 bits per heavy atom. The predicted molar refractivity (Wildman–Crippen MR) is 123 cm³/mol. The van der Waals surface area contributed by atoms with E-state index < -0.39 is 0 Å². The van der Waals surface area contributed by atoms with Crippen molar-refractivity contribution in [2.75, 3.05) is 0 Å². The maximum absolute atomic E-state index is 13.5. The molecule has 0 radical (unpaired) electrons. The van der Waals surface area contributed by atoms with Crippen LogP contribution in [0.3, 0.4) is 0 Å². The van der Waals surface area contributed by atoms with Gasteiger partial charge in [0, 0.05) is 15.9 Å². The van der Waals surface area contributed by atoms with Crippen molar-refractivity contribution < 1.29 is 0 Å². The molecule has 1 N–H and O–H groups in total. The zero-order valence-corrected chi connectivity index (χ0v) is 17.9. The number of imidazole rings is 1. The molecule has 5 aromatic rings. The molecule has 0 atom stereocenters. The second-order valence-corrected chi connectivity index (χ2v) is 7.94. The van der Waals surface area contributed by atoms with E-state index in [2.05, 4.69) is 16.2 Å². The highest BCUT2D eigenvalue weighted by Crippen LogP contribution is 2.18. The van der Waals surface area contributed by atoms with E-state index in [1.165, 1.54) is 9.08 Å². The fourth-order valence-electron chi connectivity index (χ4n) is 3.93. The number of nitrogens with zero attached hydrogens (tertiary/aromatic N) is 4. The summed E-state index contributed by atoms with van der Waals surface area (Å²) < 4.78 is 2.83. The summed E-state index contributed by atoms with van der Waals surface area (Å²) in [6.45, 7) is 3.46. The molecular weight excluding hydrogens is 426 g/mol. The zero-order chi connectivity index (χ0) is 22.6. The Labute approximate surface area is 186 Å². The summed E-state index contributed by atoms with van der Waals surface area (Å²) in [4.78, 5) is 31.1. The van der Waals surface area contributed by atoms with Gasteiger partial charge in [-0.3, -0.25) is 19.1 Å². The van der Waals surface area contributed by atoms with Gasteiger partial charge in [0.05, 0.1) is 27.8 Å². The molecule has 7 nitrogen and oxygen atoms in total. The smallest absolute Gasteiger partial charge is 0.278 e. The molecule has 5 rings (SSSR count). The van der Waals surface area contributed by atoms with E-state index in [0.29, 0.717) is 49.8 Å². The second-order valence-electron chi connectivity index (χ2n) is 7.50. The average Bonchev–Trinajstić information content (AvgIpc) is 3.30. The first-order chi connectivity index (χ1) is 15.4. The third-order valence-corrected chi connectivity index (χ3v) is 5.85. The van der Waals surface area contributed by atoms with Crippen molar-refractivity contribution in [3.8, 4) is 11.8 Å². The average molecular weight is 442 g/mol. The van der Waals surface area contributed by atoms with Crippen LogP contribution in [0.15, 0.2) is 58.1 Å². The maximum atomic E-state index is 13.5. The third kappa shape index (κ3) is 2.85. The molecular formula is C24H16ClN5O2. The first-order valence-electron chi connectivity index (χ1n) is 9.84. The van der Waals surface area contributed by atoms with Crippen LogP contribution < -0.4 is 16.3 Å². The molecule has 8 heteroatoms. The lowest BCUT2D eigenvalue weighted by molar-refractivity contribution is 0.835. The number of halogens is 1. The third-order valence-electron chi connectivity index (χ3n) is 5.60. The van der Waals surface area contributed by atoms with Crippen molar-refractivity contribution in [1.29, 1.82) is 5.26 Å². The van der Waals surface area contributed by atoms with Crippen LogP contribution in [0.2, 0.25) is 5.02 Å². The molecule has 0 saturated carbocycles. The Balaban J connectivity index is 1.85. The summed E-state index contributed by atoms with van der Waals surface area (Å²) in [6.07, 6.45) is 1.55. The number of aromatic nitrogens is 4. The van der Waals surface area contributed by atoms with Gasteiger partial charge < -0.3 is 0 Å². The van der Waals surface area contributed by atoms with Crippen molar-refractivity contribution in [1.82, 2.24) is 19.2 Å². The SMILES string of the molecule is Cc1[nH]n(-c2ccc(Cl)cc2)c(=O)c1/C=c1\c(C)c(C#N)c2nc3ccccc3n2c1=O. The highest BCUT2D eigenvalue weighted by atomic mass is 35.5. The van der Waals surface area contributed by atoms with Crippen LogP contribution in [-0.2, 0) is 0 Å². The summed E-state index contributed by atoms with van der Waals surface area (Å²) in [5.41, 5.74) is 3.26. The van der Waals surface area contributed by atoms with Gasteiger partial charge in [0.2, 0.25) is 0 Å². The van der Waals surface area contributed by atoms with Crippen molar-refractivity contribution in [3.63, 3.8) is 0 Å². The molecule has 0 amide bonds. The number of rotatable bonds is 2. The molecule has 32 heavy (non-hydrogen) atoms. The summed E-state index contributed by atoms with van der Waals surface area (Å²) in [7, 11) is 0. The summed E-state index contributed by atoms with van der Waals surface area (Å²) in [5.74, 6) is 0. The lowest BCUT2D eigenvalue weighted by atomic mass is 10.1. The molecule has 0 aliphatic heterocycles.